The molecule has 1 amide bonds. The molecule has 0 heterocycles. The van der Waals surface area contributed by atoms with E-state index in [9.17, 15) is 4.79 Å². The molecule has 2 N–H and O–H groups in total. The normalized spacial score (nSPS) is 30.2. The maximum atomic E-state index is 11.8. The van der Waals surface area contributed by atoms with Crippen LogP contribution in [0.15, 0.2) is 0 Å². The molecule has 0 aromatic rings. The van der Waals surface area contributed by atoms with E-state index in [-0.39, 0.29) is 5.91 Å². The second kappa shape index (κ2) is 7.00. The van der Waals surface area contributed by atoms with Gasteiger partial charge in [0.15, 0.2) is 0 Å². The Morgan fingerprint density at radius 1 is 1.35 bits per heavy atom. The lowest BCUT2D eigenvalue weighted by atomic mass is 9.93. The van der Waals surface area contributed by atoms with Gasteiger partial charge in [0.25, 0.3) is 0 Å². The van der Waals surface area contributed by atoms with Gasteiger partial charge in [-0.25, -0.2) is 0 Å². The zero-order valence-corrected chi connectivity index (χ0v) is 11.8. The topological polar surface area (TPSA) is 41.1 Å². The number of amides is 1. The predicted molar refractivity (Wildman–Crippen MR) is 71.9 cm³/mol. The summed E-state index contributed by atoms with van der Waals surface area (Å²) in [7, 11) is 0. The van der Waals surface area contributed by atoms with E-state index < -0.39 is 0 Å². The Bertz CT molecular complexity index is 242. The minimum Gasteiger partial charge on any atom is -0.352 e. The van der Waals surface area contributed by atoms with Crippen molar-refractivity contribution in [2.24, 2.45) is 11.8 Å². The number of hydrogen-bond acceptors (Lipinski definition) is 2. The zero-order valence-electron chi connectivity index (χ0n) is 11.8. The van der Waals surface area contributed by atoms with E-state index in [1.807, 2.05) is 0 Å². The largest absolute Gasteiger partial charge is 0.352 e. The van der Waals surface area contributed by atoms with Gasteiger partial charge in [-0.1, -0.05) is 27.2 Å². The molecule has 1 fully saturated rings. The molecule has 1 rings (SSSR count). The van der Waals surface area contributed by atoms with Crippen LogP contribution in [0.1, 0.15) is 53.4 Å². The Balaban J connectivity index is 2.27. The van der Waals surface area contributed by atoms with Crippen LogP contribution in [0.5, 0.6) is 0 Å². The highest BCUT2D eigenvalue weighted by Crippen LogP contribution is 2.33. The van der Waals surface area contributed by atoms with Crippen LogP contribution in [0.3, 0.4) is 0 Å². The summed E-state index contributed by atoms with van der Waals surface area (Å²) in [5, 5.41) is 6.40. The highest BCUT2D eigenvalue weighted by atomic mass is 16.2. The Labute approximate surface area is 106 Å². The molecule has 0 bridgehead atoms. The van der Waals surface area contributed by atoms with Crippen LogP contribution in [0, 0.1) is 11.8 Å². The summed E-state index contributed by atoms with van der Waals surface area (Å²) in [6, 6.07) is 0.816. The van der Waals surface area contributed by atoms with Crippen LogP contribution in [0.25, 0.3) is 0 Å². The van der Waals surface area contributed by atoms with Crippen molar-refractivity contribution >= 4 is 5.91 Å². The first-order valence-electron chi connectivity index (χ1n) is 7.11. The summed E-state index contributed by atoms with van der Waals surface area (Å²) < 4.78 is 0. The van der Waals surface area contributed by atoms with Gasteiger partial charge in [0.2, 0.25) is 5.91 Å². The summed E-state index contributed by atoms with van der Waals surface area (Å²) in [5.74, 6) is 1.58. The number of carbonyl (C=O) groups is 1. The fraction of sp³-hybridized carbons (Fsp3) is 0.929. The molecule has 1 aliphatic carbocycles. The third-order valence-corrected chi connectivity index (χ3v) is 4.32. The van der Waals surface area contributed by atoms with Gasteiger partial charge in [0.05, 0.1) is 6.54 Å². The third kappa shape index (κ3) is 4.30. The van der Waals surface area contributed by atoms with E-state index in [2.05, 4.69) is 38.3 Å². The van der Waals surface area contributed by atoms with Crippen molar-refractivity contribution in [3.63, 3.8) is 0 Å². The van der Waals surface area contributed by atoms with Crippen LogP contribution in [0.4, 0.5) is 0 Å². The summed E-state index contributed by atoms with van der Waals surface area (Å²) in [6.07, 6.45) is 4.71. The SMILES string of the molecule is CCC(C)NCC(=O)NC1CCC(CC)C1C. The van der Waals surface area contributed by atoms with Crippen molar-refractivity contribution < 1.29 is 4.79 Å². The Morgan fingerprint density at radius 2 is 2.06 bits per heavy atom. The van der Waals surface area contributed by atoms with Gasteiger partial charge in [-0.2, -0.15) is 0 Å². The molecular weight excluding hydrogens is 212 g/mol. The predicted octanol–water partition coefficient (Wildman–Crippen LogP) is 2.32. The van der Waals surface area contributed by atoms with Gasteiger partial charge < -0.3 is 10.6 Å². The molecule has 100 valence electrons. The quantitative estimate of drug-likeness (QED) is 0.748. The molecule has 1 aliphatic rings. The highest BCUT2D eigenvalue weighted by Gasteiger charge is 2.32. The fourth-order valence-corrected chi connectivity index (χ4v) is 2.70. The van der Waals surface area contributed by atoms with Crippen molar-refractivity contribution in [2.75, 3.05) is 6.54 Å². The van der Waals surface area contributed by atoms with E-state index in [0.717, 1.165) is 18.8 Å². The van der Waals surface area contributed by atoms with Gasteiger partial charge in [-0.15, -0.1) is 0 Å². The Morgan fingerprint density at radius 3 is 2.59 bits per heavy atom. The molecule has 0 radical (unpaired) electrons. The first-order valence-corrected chi connectivity index (χ1v) is 7.11. The summed E-state index contributed by atoms with van der Waals surface area (Å²) >= 11 is 0. The van der Waals surface area contributed by atoms with Gasteiger partial charge in [-0.05, 0) is 38.0 Å². The van der Waals surface area contributed by atoms with E-state index in [1.165, 1.54) is 12.8 Å². The van der Waals surface area contributed by atoms with Crippen molar-refractivity contribution in [3.05, 3.63) is 0 Å². The van der Waals surface area contributed by atoms with Gasteiger partial charge >= 0.3 is 0 Å². The van der Waals surface area contributed by atoms with Crippen molar-refractivity contribution in [2.45, 2.75) is 65.5 Å². The maximum absolute atomic E-state index is 11.8. The minimum atomic E-state index is 0.152. The van der Waals surface area contributed by atoms with Gasteiger partial charge in [0, 0.05) is 12.1 Å². The maximum Gasteiger partial charge on any atom is 0.234 e. The highest BCUT2D eigenvalue weighted by molar-refractivity contribution is 5.78. The number of hydrogen-bond donors (Lipinski definition) is 2. The zero-order chi connectivity index (χ0) is 12.8. The van der Waals surface area contributed by atoms with Gasteiger partial charge in [0.1, 0.15) is 0 Å². The Kier molecular flexibility index (Phi) is 5.96. The van der Waals surface area contributed by atoms with Crippen molar-refractivity contribution in [1.29, 1.82) is 0 Å². The summed E-state index contributed by atoms with van der Waals surface area (Å²) in [4.78, 5) is 11.8. The molecule has 0 saturated heterocycles. The lowest BCUT2D eigenvalue weighted by Crippen LogP contribution is -2.43. The van der Waals surface area contributed by atoms with Crippen LogP contribution in [-0.2, 0) is 4.79 Å². The van der Waals surface area contributed by atoms with Crippen LogP contribution in [0.2, 0.25) is 0 Å². The monoisotopic (exact) mass is 240 g/mol. The molecule has 17 heavy (non-hydrogen) atoms. The minimum absolute atomic E-state index is 0.152. The molecule has 0 aliphatic heterocycles. The first-order chi connectivity index (χ1) is 8.08. The molecule has 4 unspecified atom stereocenters. The molecule has 0 spiro atoms. The molecule has 1 saturated carbocycles. The number of carbonyl (C=O) groups excluding carboxylic acids is 1. The standard InChI is InChI=1S/C14H28N2O/c1-5-10(3)15-9-14(17)16-13-8-7-12(6-2)11(13)4/h10-13,15H,5-9H2,1-4H3,(H,16,17). The molecule has 3 nitrogen and oxygen atoms in total. The second-order valence-electron chi connectivity index (χ2n) is 5.47. The second-order valence-corrected chi connectivity index (χ2v) is 5.47. The molecule has 0 aromatic carbocycles. The Hall–Kier alpha value is -0.570. The van der Waals surface area contributed by atoms with E-state index in [1.54, 1.807) is 0 Å². The van der Waals surface area contributed by atoms with Crippen molar-refractivity contribution in [1.82, 2.24) is 10.6 Å². The smallest absolute Gasteiger partial charge is 0.234 e. The van der Waals surface area contributed by atoms with E-state index in [0.29, 0.717) is 24.5 Å². The number of rotatable bonds is 6. The first kappa shape index (κ1) is 14.5. The molecule has 3 heteroatoms. The molecule has 4 atom stereocenters. The molecular formula is C14H28N2O. The van der Waals surface area contributed by atoms with Crippen molar-refractivity contribution in [3.8, 4) is 0 Å². The number of nitrogens with one attached hydrogen (secondary N) is 2. The van der Waals surface area contributed by atoms with Crippen LogP contribution >= 0.6 is 0 Å². The fourth-order valence-electron chi connectivity index (χ4n) is 2.70. The average molecular weight is 240 g/mol. The lowest BCUT2D eigenvalue weighted by molar-refractivity contribution is -0.121. The van der Waals surface area contributed by atoms with Crippen LogP contribution < -0.4 is 10.6 Å². The van der Waals surface area contributed by atoms with E-state index in [4.69, 9.17) is 0 Å². The average Bonchev–Trinajstić information content (AvgIpc) is 2.67. The third-order valence-electron chi connectivity index (χ3n) is 4.32. The van der Waals surface area contributed by atoms with E-state index >= 15 is 0 Å². The summed E-state index contributed by atoms with van der Waals surface area (Å²) in [5.41, 5.74) is 0. The molecule has 0 aromatic heterocycles. The van der Waals surface area contributed by atoms with Crippen LogP contribution in [-0.4, -0.2) is 24.5 Å². The summed E-state index contributed by atoms with van der Waals surface area (Å²) in [6.45, 7) is 9.21. The lowest BCUT2D eigenvalue weighted by Gasteiger charge is -2.21. The van der Waals surface area contributed by atoms with Gasteiger partial charge in [-0.3, -0.25) is 4.79 Å².